The van der Waals surface area contributed by atoms with Gasteiger partial charge < -0.3 is 5.32 Å². The van der Waals surface area contributed by atoms with Gasteiger partial charge in [0.25, 0.3) is 0 Å². The smallest absolute Gasteiger partial charge is 0.243 e. The fourth-order valence-corrected chi connectivity index (χ4v) is 2.45. The Morgan fingerprint density at radius 3 is 2.56 bits per heavy atom. The van der Waals surface area contributed by atoms with Crippen LogP contribution in [0, 0.1) is 5.82 Å². The average Bonchev–Trinajstić information content (AvgIpc) is 2.25. The predicted octanol–water partition coefficient (Wildman–Crippen LogP) is 1.79. The van der Waals surface area contributed by atoms with Gasteiger partial charge >= 0.3 is 0 Å². The lowest BCUT2D eigenvalue weighted by molar-refractivity contribution is 0.540. The topological polar surface area (TPSA) is 58.2 Å². The summed E-state index contributed by atoms with van der Waals surface area (Å²) in [5.41, 5.74) is 0. The molecule has 0 aliphatic carbocycles. The second-order valence-electron chi connectivity index (χ2n) is 3.62. The molecule has 18 heavy (non-hydrogen) atoms. The van der Waals surface area contributed by atoms with Gasteiger partial charge in [0, 0.05) is 17.6 Å². The lowest BCUT2D eigenvalue weighted by Gasteiger charge is -2.12. The Bertz CT molecular complexity index is 497. The minimum atomic E-state index is -3.84. The summed E-state index contributed by atoms with van der Waals surface area (Å²) in [6.07, 6.45) is 0. The van der Waals surface area contributed by atoms with Gasteiger partial charge in [-0.25, -0.2) is 17.5 Å². The van der Waals surface area contributed by atoms with Crippen LogP contribution in [0.5, 0.6) is 0 Å². The van der Waals surface area contributed by atoms with Crippen molar-refractivity contribution in [3.63, 3.8) is 0 Å². The number of rotatable bonds is 5. The Morgan fingerprint density at radius 1 is 1.44 bits per heavy atom. The van der Waals surface area contributed by atoms with Gasteiger partial charge in [-0.15, -0.1) is 12.4 Å². The van der Waals surface area contributed by atoms with Gasteiger partial charge in [-0.05, 0) is 32.2 Å². The monoisotopic (exact) mass is 316 g/mol. The molecule has 0 saturated heterocycles. The Balaban J connectivity index is 0.00000289. The molecule has 4 nitrogen and oxygen atoms in total. The van der Waals surface area contributed by atoms with Crippen molar-refractivity contribution >= 4 is 34.0 Å². The molecule has 0 aliphatic rings. The normalized spacial score (nSPS) is 12.9. The second kappa shape index (κ2) is 7.25. The first-order valence-corrected chi connectivity index (χ1v) is 6.85. The summed E-state index contributed by atoms with van der Waals surface area (Å²) >= 11 is 5.55. The molecule has 0 aliphatic heterocycles. The standard InChI is InChI=1S/C10H14ClFN2O2S.ClH/c1-7(13-2)6-14-17(15,16)10-4-3-8(11)5-9(10)12;/h3-5,7,13-14H,6H2,1-2H3;1H. The number of nitrogens with one attached hydrogen (secondary N) is 2. The van der Waals surface area contributed by atoms with Gasteiger partial charge in [-0.2, -0.15) is 0 Å². The maximum Gasteiger partial charge on any atom is 0.243 e. The van der Waals surface area contributed by atoms with Crippen LogP contribution in [0.25, 0.3) is 0 Å². The van der Waals surface area contributed by atoms with Crippen LogP contribution in [0.2, 0.25) is 5.02 Å². The molecule has 1 aromatic rings. The molecule has 0 bridgehead atoms. The summed E-state index contributed by atoms with van der Waals surface area (Å²) in [6.45, 7) is 1.99. The fraction of sp³-hybridized carbons (Fsp3) is 0.400. The van der Waals surface area contributed by atoms with Gasteiger partial charge in [0.05, 0.1) is 0 Å². The van der Waals surface area contributed by atoms with Gasteiger partial charge in [-0.1, -0.05) is 11.6 Å². The van der Waals surface area contributed by atoms with Crippen molar-refractivity contribution < 1.29 is 12.8 Å². The van der Waals surface area contributed by atoms with Crippen LogP contribution < -0.4 is 10.0 Å². The highest BCUT2D eigenvalue weighted by molar-refractivity contribution is 7.89. The minimum absolute atomic E-state index is 0. The van der Waals surface area contributed by atoms with Crippen LogP contribution in [0.15, 0.2) is 23.1 Å². The second-order valence-corrected chi connectivity index (χ2v) is 5.79. The highest BCUT2D eigenvalue weighted by Gasteiger charge is 2.19. The Morgan fingerprint density at radius 2 is 2.06 bits per heavy atom. The lowest BCUT2D eigenvalue weighted by atomic mass is 10.3. The molecule has 0 heterocycles. The van der Waals surface area contributed by atoms with Crippen molar-refractivity contribution in [3.05, 3.63) is 29.0 Å². The molecule has 0 fully saturated rings. The van der Waals surface area contributed by atoms with Crippen LogP contribution >= 0.6 is 24.0 Å². The third kappa shape index (κ3) is 4.70. The SMILES string of the molecule is CNC(C)CNS(=O)(=O)c1ccc(Cl)cc1F.Cl. The number of likely N-dealkylation sites (N-methyl/N-ethyl adjacent to an activating group) is 1. The van der Waals surface area contributed by atoms with E-state index in [1.807, 2.05) is 0 Å². The maximum atomic E-state index is 13.4. The molecule has 1 aromatic carbocycles. The molecule has 104 valence electrons. The largest absolute Gasteiger partial charge is 0.316 e. The lowest BCUT2D eigenvalue weighted by Crippen LogP contribution is -2.37. The molecule has 0 radical (unpaired) electrons. The van der Waals surface area contributed by atoms with E-state index in [4.69, 9.17) is 11.6 Å². The van der Waals surface area contributed by atoms with Crippen LogP contribution in [0.3, 0.4) is 0 Å². The van der Waals surface area contributed by atoms with Gasteiger partial charge in [0.1, 0.15) is 10.7 Å². The van der Waals surface area contributed by atoms with E-state index in [1.165, 1.54) is 6.07 Å². The molecule has 8 heteroatoms. The van der Waals surface area contributed by atoms with E-state index in [0.29, 0.717) is 0 Å². The van der Waals surface area contributed by atoms with Crippen molar-refractivity contribution in [1.82, 2.24) is 10.0 Å². The van der Waals surface area contributed by atoms with E-state index >= 15 is 0 Å². The number of hydrogen-bond acceptors (Lipinski definition) is 3. The maximum absolute atomic E-state index is 13.4. The average molecular weight is 317 g/mol. The molecular formula is C10H15Cl2FN2O2S. The first-order valence-electron chi connectivity index (χ1n) is 4.99. The predicted molar refractivity (Wildman–Crippen MR) is 72.4 cm³/mol. The zero-order valence-electron chi connectivity index (χ0n) is 9.91. The van der Waals surface area contributed by atoms with E-state index in [1.54, 1.807) is 14.0 Å². The summed E-state index contributed by atoms with van der Waals surface area (Å²) in [5.74, 6) is -0.859. The van der Waals surface area contributed by atoms with Gasteiger partial charge in [-0.3, -0.25) is 0 Å². The molecule has 1 unspecified atom stereocenters. The van der Waals surface area contributed by atoms with Gasteiger partial charge in [0.2, 0.25) is 10.0 Å². The van der Waals surface area contributed by atoms with Crippen LogP contribution in [0.1, 0.15) is 6.92 Å². The molecule has 0 amide bonds. The summed E-state index contributed by atoms with van der Waals surface area (Å²) in [4.78, 5) is -0.398. The van der Waals surface area contributed by atoms with Crippen molar-refractivity contribution in [2.75, 3.05) is 13.6 Å². The first kappa shape index (κ1) is 17.6. The zero-order chi connectivity index (χ0) is 13.1. The van der Waals surface area contributed by atoms with E-state index in [-0.39, 0.29) is 30.0 Å². The number of sulfonamides is 1. The molecule has 0 spiro atoms. The number of halogens is 3. The van der Waals surface area contributed by atoms with Crippen LogP contribution in [-0.4, -0.2) is 28.1 Å². The fourth-order valence-electron chi connectivity index (χ4n) is 1.11. The van der Waals surface area contributed by atoms with Crippen molar-refractivity contribution in [2.24, 2.45) is 0 Å². The van der Waals surface area contributed by atoms with Crippen LogP contribution in [0.4, 0.5) is 4.39 Å². The number of benzene rings is 1. The molecule has 2 N–H and O–H groups in total. The van der Waals surface area contributed by atoms with Gasteiger partial charge in [0.15, 0.2) is 0 Å². The quantitative estimate of drug-likeness (QED) is 0.870. The molecule has 0 aromatic heterocycles. The molecule has 1 rings (SSSR count). The highest BCUT2D eigenvalue weighted by Crippen LogP contribution is 2.18. The summed E-state index contributed by atoms with van der Waals surface area (Å²) in [7, 11) is -2.13. The third-order valence-electron chi connectivity index (χ3n) is 2.26. The van der Waals surface area contributed by atoms with Crippen LogP contribution in [-0.2, 0) is 10.0 Å². The molecule has 0 saturated carbocycles. The Kier molecular flexibility index (Phi) is 7.09. The summed E-state index contributed by atoms with van der Waals surface area (Å²) < 4.78 is 39.3. The highest BCUT2D eigenvalue weighted by atomic mass is 35.5. The molecular weight excluding hydrogens is 302 g/mol. The van der Waals surface area contributed by atoms with Crippen molar-refractivity contribution in [3.8, 4) is 0 Å². The van der Waals surface area contributed by atoms with E-state index in [9.17, 15) is 12.8 Å². The van der Waals surface area contributed by atoms with E-state index in [0.717, 1.165) is 12.1 Å². The number of hydrogen-bond donors (Lipinski definition) is 2. The van der Waals surface area contributed by atoms with Crippen molar-refractivity contribution in [2.45, 2.75) is 17.9 Å². The third-order valence-corrected chi connectivity index (χ3v) is 3.95. The Labute approximate surface area is 117 Å². The summed E-state index contributed by atoms with van der Waals surface area (Å²) in [6, 6.07) is 3.41. The van der Waals surface area contributed by atoms with E-state index < -0.39 is 20.7 Å². The molecule has 1 atom stereocenters. The Hall–Kier alpha value is -0.400. The zero-order valence-corrected chi connectivity index (χ0v) is 12.3. The minimum Gasteiger partial charge on any atom is -0.316 e. The first-order chi connectivity index (χ1) is 7.86. The summed E-state index contributed by atoms with van der Waals surface area (Å²) in [5, 5.41) is 3.03. The van der Waals surface area contributed by atoms with Crippen molar-refractivity contribution in [1.29, 1.82) is 0 Å². The van der Waals surface area contributed by atoms with E-state index in [2.05, 4.69) is 10.0 Å².